The van der Waals surface area contributed by atoms with Gasteiger partial charge in [-0.3, -0.25) is 0 Å². The summed E-state index contributed by atoms with van der Waals surface area (Å²) in [6.45, 7) is 2.03. The maximum absolute atomic E-state index is 8.88. The van der Waals surface area contributed by atoms with Gasteiger partial charge >= 0.3 is 0 Å². The molecule has 0 spiro atoms. The van der Waals surface area contributed by atoms with E-state index in [2.05, 4.69) is 11.1 Å². The van der Waals surface area contributed by atoms with E-state index in [0.29, 0.717) is 18.7 Å². The molecule has 0 aliphatic carbocycles. The van der Waals surface area contributed by atoms with Crippen LogP contribution in [0.4, 0.5) is 5.69 Å². The van der Waals surface area contributed by atoms with Crippen LogP contribution in [0.3, 0.4) is 0 Å². The molecule has 2 aromatic rings. The van der Waals surface area contributed by atoms with Crippen molar-refractivity contribution in [3.8, 4) is 6.07 Å². The lowest BCUT2D eigenvalue weighted by atomic mass is 9.89. The first-order chi connectivity index (χ1) is 9.73. The topological polar surface area (TPSA) is 45.4 Å². The number of benzene rings is 1. The Hall–Kier alpha value is -2.12. The van der Waals surface area contributed by atoms with Gasteiger partial charge in [0.1, 0.15) is 5.60 Å². The van der Waals surface area contributed by atoms with Crippen molar-refractivity contribution < 1.29 is 4.74 Å². The van der Waals surface area contributed by atoms with E-state index in [1.54, 1.807) is 11.3 Å². The summed E-state index contributed by atoms with van der Waals surface area (Å²) in [5.74, 6) is 0.652. The number of ether oxygens (including phenoxy) is 1. The van der Waals surface area contributed by atoms with Crippen molar-refractivity contribution in [2.24, 2.45) is 4.99 Å². The lowest BCUT2D eigenvalue weighted by Gasteiger charge is -2.35. The fourth-order valence-corrected chi connectivity index (χ4v) is 3.05. The third kappa shape index (κ3) is 2.21. The molecule has 0 radical (unpaired) electrons. The van der Waals surface area contributed by atoms with Crippen LogP contribution in [0.5, 0.6) is 0 Å². The van der Waals surface area contributed by atoms with Crippen LogP contribution in [0.15, 0.2) is 46.8 Å². The normalized spacial score (nSPS) is 20.5. The predicted molar refractivity (Wildman–Crippen MR) is 80.2 cm³/mol. The monoisotopic (exact) mass is 282 g/mol. The molecule has 20 heavy (non-hydrogen) atoms. The summed E-state index contributed by atoms with van der Waals surface area (Å²) in [4.78, 5) is 5.63. The lowest BCUT2D eigenvalue weighted by Crippen LogP contribution is -2.32. The summed E-state index contributed by atoms with van der Waals surface area (Å²) in [5.41, 5.74) is 1.49. The van der Waals surface area contributed by atoms with Crippen LogP contribution in [0.2, 0.25) is 0 Å². The van der Waals surface area contributed by atoms with E-state index in [0.717, 1.165) is 16.1 Å². The molecule has 0 saturated heterocycles. The van der Waals surface area contributed by atoms with Crippen LogP contribution < -0.4 is 0 Å². The smallest absolute Gasteiger partial charge is 0.232 e. The molecule has 0 fully saturated rings. The van der Waals surface area contributed by atoms with Gasteiger partial charge in [0, 0.05) is 18.4 Å². The number of aliphatic imine (C=N–C) groups is 1. The van der Waals surface area contributed by atoms with Crippen molar-refractivity contribution >= 4 is 22.9 Å². The highest BCUT2D eigenvalue weighted by Crippen LogP contribution is 2.41. The summed E-state index contributed by atoms with van der Waals surface area (Å²) in [6, 6.07) is 14.2. The third-order valence-corrected chi connectivity index (χ3v) is 4.32. The number of hydrogen-bond donors (Lipinski definition) is 0. The lowest BCUT2D eigenvalue weighted by molar-refractivity contribution is 0.0624. The fourth-order valence-electron chi connectivity index (χ4n) is 2.40. The zero-order valence-electron chi connectivity index (χ0n) is 11.2. The van der Waals surface area contributed by atoms with Crippen LogP contribution in [-0.2, 0) is 10.3 Å². The molecule has 3 nitrogen and oxygen atoms in total. The third-order valence-electron chi connectivity index (χ3n) is 3.46. The standard InChI is InChI=1S/C16H14N2OS/c1-16(9-5-10-17)12-6-2-3-7-13(12)18-15(19-16)14-8-4-11-20-14/h2-4,6-8,11H,5,9H2,1H3. The maximum Gasteiger partial charge on any atom is 0.232 e. The molecule has 100 valence electrons. The number of nitrogens with zero attached hydrogens (tertiary/aromatic N) is 2. The molecule has 1 aliphatic rings. The Labute approximate surface area is 122 Å². The highest BCUT2D eigenvalue weighted by Gasteiger charge is 2.35. The van der Waals surface area contributed by atoms with Crippen molar-refractivity contribution in [1.82, 2.24) is 0 Å². The SMILES string of the molecule is CC1(CCC#N)OC(c2cccs2)=Nc2ccccc21. The van der Waals surface area contributed by atoms with Crippen molar-refractivity contribution in [2.75, 3.05) is 0 Å². The van der Waals surface area contributed by atoms with Gasteiger partial charge in [0.2, 0.25) is 5.90 Å². The second-order valence-corrected chi connectivity index (χ2v) is 5.85. The molecule has 4 heteroatoms. The van der Waals surface area contributed by atoms with E-state index in [-0.39, 0.29) is 0 Å². The Morgan fingerprint density at radius 2 is 2.15 bits per heavy atom. The van der Waals surface area contributed by atoms with Crippen LogP contribution in [0, 0.1) is 11.3 Å². The van der Waals surface area contributed by atoms with Gasteiger partial charge in [0.15, 0.2) is 0 Å². The Morgan fingerprint density at radius 1 is 1.30 bits per heavy atom. The number of hydrogen-bond acceptors (Lipinski definition) is 4. The van der Waals surface area contributed by atoms with E-state index < -0.39 is 5.60 Å². The maximum atomic E-state index is 8.88. The molecule has 1 aromatic heterocycles. The van der Waals surface area contributed by atoms with Gasteiger partial charge in [-0.2, -0.15) is 5.26 Å². The molecule has 0 bridgehead atoms. The molecule has 0 amide bonds. The number of thiophene rings is 1. The van der Waals surface area contributed by atoms with E-state index in [1.807, 2.05) is 48.7 Å². The minimum Gasteiger partial charge on any atom is -0.465 e. The zero-order chi connectivity index (χ0) is 14.0. The van der Waals surface area contributed by atoms with Crippen molar-refractivity contribution in [2.45, 2.75) is 25.4 Å². The molecule has 1 aliphatic heterocycles. The van der Waals surface area contributed by atoms with Crippen LogP contribution >= 0.6 is 11.3 Å². The molecule has 0 saturated carbocycles. The van der Waals surface area contributed by atoms with Gasteiger partial charge in [0.25, 0.3) is 0 Å². The van der Waals surface area contributed by atoms with E-state index in [1.165, 1.54) is 0 Å². The first-order valence-corrected chi connectivity index (χ1v) is 7.39. The molecule has 0 N–H and O–H groups in total. The zero-order valence-corrected chi connectivity index (χ0v) is 12.0. The van der Waals surface area contributed by atoms with Crippen molar-refractivity contribution in [3.05, 3.63) is 52.2 Å². The highest BCUT2D eigenvalue weighted by atomic mass is 32.1. The van der Waals surface area contributed by atoms with Gasteiger partial charge in [0.05, 0.1) is 16.6 Å². The molecular formula is C16H14N2OS. The molecule has 3 rings (SSSR count). The number of fused-ring (bicyclic) bond motifs is 1. The quantitative estimate of drug-likeness (QED) is 0.838. The van der Waals surface area contributed by atoms with Crippen molar-refractivity contribution in [1.29, 1.82) is 5.26 Å². The van der Waals surface area contributed by atoms with E-state index >= 15 is 0 Å². The van der Waals surface area contributed by atoms with Crippen LogP contribution in [0.1, 0.15) is 30.2 Å². The molecule has 2 heterocycles. The number of para-hydroxylation sites is 1. The summed E-state index contributed by atoms with van der Waals surface area (Å²) in [6.07, 6.45) is 1.12. The Morgan fingerprint density at radius 3 is 2.90 bits per heavy atom. The minimum absolute atomic E-state index is 0.461. The predicted octanol–water partition coefficient (Wildman–Crippen LogP) is 4.38. The van der Waals surface area contributed by atoms with Gasteiger partial charge in [-0.25, -0.2) is 4.99 Å². The summed E-state index contributed by atoms with van der Waals surface area (Å²) in [5, 5.41) is 10.9. The minimum atomic E-state index is -0.493. The number of nitriles is 1. The summed E-state index contributed by atoms with van der Waals surface area (Å²) < 4.78 is 6.16. The first kappa shape index (κ1) is 12.9. The summed E-state index contributed by atoms with van der Waals surface area (Å²) in [7, 11) is 0. The largest absolute Gasteiger partial charge is 0.465 e. The second-order valence-electron chi connectivity index (χ2n) is 4.90. The average Bonchev–Trinajstić information content (AvgIpc) is 2.99. The fraction of sp³-hybridized carbons (Fsp3) is 0.250. The second kappa shape index (κ2) is 5.10. The van der Waals surface area contributed by atoms with Crippen LogP contribution in [-0.4, -0.2) is 5.90 Å². The molecule has 1 aromatic carbocycles. The first-order valence-electron chi connectivity index (χ1n) is 6.51. The van der Waals surface area contributed by atoms with E-state index in [9.17, 15) is 0 Å². The molecule has 1 unspecified atom stereocenters. The van der Waals surface area contributed by atoms with Crippen molar-refractivity contribution in [3.63, 3.8) is 0 Å². The highest BCUT2D eigenvalue weighted by molar-refractivity contribution is 7.12. The molecule has 1 atom stereocenters. The average molecular weight is 282 g/mol. The number of rotatable bonds is 3. The molecular weight excluding hydrogens is 268 g/mol. The Balaban J connectivity index is 2.07. The van der Waals surface area contributed by atoms with Gasteiger partial charge in [-0.15, -0.1) is 11.3 Å². The van der Waals surface area contributed by atoms with Gasteiger partial charge < -0.3 is 4.74 Å². The summed E-state index contributed by atoms with van der Waals surface area (Å²) >= 11 is 1.61. The van der Waals surface area contributed by atoms with E-state index in [4.69, 9.17) is 10.00 Å². The van der Waals surface area contributed by atoms with Gasteiger partial charge in [-0.1, -0.05) is 24.3 Å². The van der Waals surface area contributed by atoms with Crippen LogP contribution in [0.25, 0.3) is 0 Å². The van der Waals surface area contributed by atoms with Gasteiger partial charge in [-0.05, 0) is 24.4 Å². The Bertz CT molecular complexity index is 685. The Kier molecular flexibility index (Phi) is 3.29.